The van der Waals surface area contributed by atoms with Crippen LogP contribution in [-0.2, 0) is 11.3 Å². The van der Waals surface area contributed by atoms with E-state index in [0.717, 1.165) is 25.2 Å². The van der Waals surface area contributed by atoms with Crippen molar-refractivity contribution in [2.75, 3.05) is 32.6 Å². The van der Waals surface area contributed by atoms with Crippen LogP contribution in [0, 0.1) is 0 Å². The first-order valence-electron chi connectivity index (χ1n) is 8.08. The maximum Gasteiger partial charge on any atom is 0.219 e. The Morgan fingerprint density at radius 2 is 2.36 bits per heavy atom. The molecule has 0 spiro atoms. The second kappa shape index (κ2) is 7.69. The number of thiophene rings is 1. The van der Waals surface area contributed by atoms with E-state index in [1.54, 1.807) is 18.0 Å². The fraction of sp³-hybridized carbons (Fsp3) is 0.438. The van der Waals surface area contributed by atoms with Gasteiger partial charge in [0.2, 0.25) is 5.65 Å². The summed E-state index contributed by atoms with van der Waals surface area (Å²) < 4.78 is 7.19. The van der Waals surface area contributed by atoms with Crippen molar-refractivity contribution in [3.05, 3.63) is 35.3 Å². The topological polar surface area (TPSA) is 65.3 Å². The van der Waals surface area contributed by atoms with Crippen molar-refractivity contribution in [3.63, 3.8) is 0 Å². The number of pyridine rings is 1. The van der Waals surface area contributed by atoms with Crippen molar-refractivity contribution in [2.45, 2.75) is 16.9 Å². The monoisotopic (exact) mass is 377 g/mol. The molecule has 1 aliphatic heterocycles. The molecular formula is C16H19N5O2S2. The maximum atomic E-state index is 5.83. The van der Waals surface area contributed by atoms with Crippen LogP contribution in [0.4, 0.5) is 0 Å². The Morgan fingerprint density at radius 1 is 1.40 bits per heavy atom. The third kappa shape index (κ3) is 3.95. The van der Waals surface area contributed by atoms with Gasteiger partial charge in [-0.25, -0.2) is 4.98 Å². The molecule has 25 heavy (non-hydrogen) atoms. The first kappa shape index (κ1) is 16.8. The molecule has 0 bridgehead atoms. The molecule has 3 aromatic heterocycles. The van der Waals surface area contributed by atoms with E-state index < -0.39 is 0 Å². The second-order valence-corrected chi connectivity index (χ2v) is 8.03. The first-order valence-corrected chi connectivity index (χ1v) is 10.1. The quantitative estimate of drug-likeness (QED) is 0.608. The van der Waals surface area contributed by atoms with Gasteiger partial charge in [-0.3, -0.25) is 4.90 Å². The van der Waals surface area contributed by atoms with Crippen molar-refractivity contribution in [1.82, 2.24) is 25.0 Å². The predicted octanol–water partition coefficient (Wildman–Crippen LogP) is 1.94. The third-order valence-electron chi connectivity index (χ3n) is 4.00. The zero-order valence-corrected chi connectivity index (χ0v) is 15.5. The number of hydrogen-bond acceptors (Lipinski definition) is 8. The van der Waals surface area contributed by atoms with E-state index in [1.165, 1.54) is 13.9 Å². The molecule has 1 aliphatic rings. The highest BCUT2D eigenvalue weighted by atomic mass is 32.2. The molecule has 9 heteroatoms. The molecule has 4 heterocycles. The lowest BCUT2D eigenvalue weighted by Crippen LogP contribution is -2.45. The number of ether oxygens (including phenoxy) is 1. The highest BCUT2D eigenvalue weighted by molar-refractivity contribution is 8.00. The summed E-state index contributed by atoms with van der Waals surface area (Å²) in [5.41, 5.74) is 1.34. The van der Waals surface area contributed by atoms with Crippen LogP contribution in [0.3, 0.4) is 0 Å². The molecule has 7 nitrogen and oxygen atoms in total. The number of hydrogen-bond donors (Lipinski definition) is 0. The van der Waals surface area contributed by atoms with Crippen molar-refractivity contribution < 1.29 is 9.57 Å². The van der Waals surface area contributed by atoms with E-state index in [-0.39, 0.29) is 6.10 Å². The van der Waals surface area contributed by atoms with Gasteiger partial charge in [-0.2, -0.15) is 0 Å². The maximum absolute atomic E-state index is 5.83. The van der Waals surface area contributed by atoms with Gasteiger partial charge in [-0.1, -0.05) is 4.85 Å². The Kier molecular flexibility index (Phi) is 5.16. The summed E-state index contributed by atoms with van der Waals surface area (Å²) in [7, 11) is 0. The largest absolute Gasteiger partial charge is 0.391 e. The molecule has 3 aromatic rings. The van der Waals surface area contributed by atoms with E-state index >= 15 is 0 Å². The van der Waals surface area contributed by atoms with Crippen LogP contribution >= 0.6 is 23.1 Å². The Labute approximate surface area is 153 Å². The lowest BCUT2D eigenvalue weighted by Gasteiger charge is -2.32. The summed E-state index contributed by atoms with van der Waals surface area (Å²) in [5, 5.41) is 8.03. The number of fused-ring (bicyclic) bond motifs is 1. The minimum Gasteiger partial charge on any atom is -0.391 e. The Morgan fingerprint density at radius 3 is 3.24 bits per heavy atom. The summed E-state index contributed by atoms with van der Waals surface area (Å²) in [5.74, 6) is 0. The van der Waals surface area contributed by atoms with E-state index in [2.05, 4.69) is 38.6 Å². The lowest BCUT2D eigenvalue weighted by atomic mass is 10.3. The number of thioether (sulfide) groups is 1. The lowest BCUT2D eigenvalue weighted by molar-refractivity contribution is -0.0768. The fourth-order valence-corrected chi connectivity index (χ4v) is 4.42. The molecule has 0 N–H and O–H groups in total. The fourth-order valence-electron chi connectivity index (χ4n) is 2.78. The number of nitrogens with zero attached hydrogens (tertiary/aromatic N) is 5. The molecule has 0 amide bonds. The predicted molar refractivity (Wildman–Crippen MR) is 97.9 cm³/mol. The molecule has 1 unspecified atom stereocenters. The normalized spacial score (nSPS) is 18.7. The Balaban J connectivity index is 1.33. The van der Waals surface area contributed by atoms with Crippen LogP contribution < -0.4 is 4.84 Å². The van der Waals surface area contributed by atoms with Gasteiger partial charge in [0.25, 0.3) is 0 Å². The summed E-state index contributed by atoms with van der Waals surface area (Å²) in [6.07, 6.45) is 3.83. The average molecular weight is 377 g/mol. The first-order chi connectivity index (χ1) is 12.3. The smallest absolute Gasteiger partial charge is 0.219 e. The van der Waals surface area contributed by atoms with Crippen molar-refractivity contribution in [1.29, 1.82) is 0 Å². The minimum absolute atomic E-state index is 0.0108. The second-order valence-electron chi connectivity index (χ2n) is 5.76. The Hall–Kier alpha value is -1.68. The van der Waals surface area contributed by atoms with Gasteiger partial charge >= 0.3 is 0 Å². The molecule has 0 aromatic carbocycles. The van der Waals surface area contributed by atoms with Crippen LogP contribution in [0.15, 0.2) is 34.7 Å². The van der Waals surface area contributed by atoms with E-state index in [1.807, 2.05) is 23.5 Å². The molecule has 1 fully saturated rings. The van der Waals surface area contributed by atoms with Gasteiger partial charge in [0.05, 0.1) is 10.8 Å². The van der Waals surface area contributed by atoms with Crippen LogP contribution in [0.5, 0.6) is 0 Å². The molecule has 0 radical (unpaired) electrons. The summed E-state index contributed by atoms with van der Waals surface area (Å²) in [6.45, 7) is 3.87. The number of rotatable bonds is 6. The molecule has 1 saturated heterocycles. The van der Waals surface area contributed by atoms with Crippen molar-refractivity contribution in [2.24, 2.45) is 0 Å². The van der Waals surface area contributed by atoms with Gasteiger partial charge in [0, 0.05) is 30.7 Å². The summed E-state index contributed by atoms with van der Waals surface area (Å²) in [4.78, 5) is 15.2. The van der Waals surface area contributed by atoms with Crippen LogP contribution in [0.2, 0.25) is 0 Å². The molecule has 132 valence electrons. The highest BCUT2D eigenvalue weighted by Crippen LogP contribution is 2.26. The highest BCUT2D eigenvalue weighted by Gasteiger charge is 2.22. The van der Waals surface area contributed by atoms with Crippen molar-refractivity contribution >= 4 is 34.3 Å². The van der Waals surface area contributed by atoms with Crippen LogP contribution in [0.1, 0.15) is 4.88 Å². The van der Waals surface area contributed by atoms with Gasteiger partial charge < -0.3 is 9.57 Å². The molecule has 0 saturated carbocycles. The molecular weight excluding hydrogens is 358 g/mol. The van der Waals surface area contributed by atoms with E-state index in [9.17, 15) is 0 Å². The molecule has 0 aliphatic carbocycles. The summed E-state index contributed by atoms with van der Waals surface area (Å²) in [6, 6.07) is 8.09. The number of morpholine rings is 1. The zero-order chi connectivity index (χ0) is 17.1. The third-order valence-corrected chi connectivity index (χ3v) is 6.16. The van der Waals surface area contributed by atoms with Gasteiger partial charge in [0.15, 0.2) is 0 Å². The van der Waals surface area contributed by atoms with Gasteiger partial charge in [0.1, 0.15) is 18.2 Å². The molecule has 4 rings (SSSR count). The van der Waals surface area contributed by atoms with Crippen molar-refractivity contribution in [3.8, 4) is 0 Å². The average Bonchev–Trinajstić information content (AvgIpc) is 3.27. The SMILES string of the molecule is CSc1ccc(CN2CCOC(COn3nnc4cccnc43)C2)s1. The van der Waals surface area contributed by atoms with Gasteiger partial charge in [-0.05, 0) is 35.7 Å². The van der Waals surface area contributed by atoms with Gasteiger partial charge in [-0.15, -0.1) is 28.2 Å². The number of aromatic nitrogens is 4. The molecule has 1 atom stereocenters. The standard InChI is InChI=1S/C16H19N5O2S2/c1-24-15-5-4-13(25-15)10-20-7-8-22-12(9-20)11-23-21-16-14(18-19-21)3-2-6-17-16/h2-6,12H,7-11H2,1H3. The Bertz CT molecular complexity index is 837. The summed E-state index contributed by atoms with van der Waals surface area (Å²) >= 11 is 3.65. The van der Waals surface area contributed by atoms with Crippen LogP contribution in [-0.4, -0.2) is 63.7 Å². The zero-order valence-electron chi connectivity index (χ0n) is 13.9. The van der Waals surface area contributed by atoms with E-state index in [4.69, 9.17) is 9.57 Å². The minimum atomic E-state index is 0.0108. The van der Waals surface area contributed by atoms with E-state index in [0.29, 0.717) is 18.9 Å². The van der Waals surface area contributed by atoms with Crippen LogP contribution in [0.25, 0.3) is 11.2 Å².